The summed E-state index contributed by atoms with van der Waals surface area (Å²) in [5, 5.41) is 0. The van der Waals surface area contributed by atoms with Gasteiger partial charge in [0.05, 0.1) is 40.0 Å². The molecule has 0 saturated heterocycles. The van der Waals surface area contributed by atoms with Gasteiger partial charge in [0.2, 0.25) is 0 Å². The van der Waals surface area contributed by atoms with Crippen molar-refractivity contribution < 1.29 is 23.7 Å². The number of hydrogen-bond acceptors (Lipinski definition) is 8. The van der Waals surface area contributed by atoms with Crippen LogP contribution < -0.4 is 29.1 Å². The van der Waals surface area contributed by atoms with Gasteiger partial charge in [0.15, 0.2) is 16.3 Å². The highest BCUT2D eigenvalue weighted by Gasteiger charge is 2.31. The number of terminal acetylenes is 1. The number of ether oxygens (including phenoxy) is 4. The van der Waals surface area contributed by atoms with Gasteiger partial charge in [-0.1, -0.05) is 23.3 Å². The van der Waals surface area contributed by atoms with Gasteiger partial charge in [-0.2, -0.15) is 0 Å². The largest absolute Gasteiger partial charge is 0.490 e. The molecule has 2 heterocycles. The zero-order chi connectivity index (χ0) is 28.1. The summed E-state index contributed by atoms with van der Waals surface area (Å²) >= 11 is 5.62. The molecule has 1 aliphatic rings. The number of nitrogens with zero attached hydrogens (tertiary/aromatic N) is 2. The maximum Gasteiger partial charge on any atom is 0.337 e. The molecule has 2 aromatic carbocycles. The molecule has 202 valence electrons. The van der Waals surface area contributed by atoms with E-state index in [0.29, 0.717) is 45.4 Å². The van der Waals surface area contributed by atoms with Gasteiger partial charge in [-0.3, -0.25) is 9.36 Å². The van der Waals surface area contributed by atoms with Crippen LogP contribution in [0.15, 0.2) is 51.9 Å². The number of carbonyl (C=O) groups is 1. The molecule has 0 aliphatic carbocycles. The maximum atomic E-state index is 13.9. The Balaban J connectivity index is 1.93. The van der Waals surface area contributed by atoms with Crippen LogP contribution in [0.5, 0.6) is 17.2 Å². The Morgan fingerprint density at radius 2 is 1.90 bits per heavy atom. The van der Waals surface area contributed by atoms with E-state index in [1.54, 1.807) is 18.2 Å². The predicted octanol–water partition coefficient (Wildman–Crippen LogP) is 4.04. The van der Waals surface area contributed by atoms with E-state index in [1.165, 1.54) is 29.2 Å². The first kappa shape index (κ1) is 29.2. The Labute approximate surface area is 256 Å². The summed E-state index contributed by atoms with van der Waals surface area (Å²) in [6.45, 7) is 4.74. The first-order chi connectivity index (χ1) is 18.8. The molecule has 8 nitrogen and oxygen atoms in total. The van der Waals surface area contributed by atoms with E-state index < -0.39 is 12.0 Å². The molecule has 0 unspecified atom stereocenters. The molecule has 3 aromatic rings. The standard InChI is InChI=1S/C28H24I2N2O6S/c1-5-10-38-25-17(11-18(29)14-20(25)30)13-23-26(33)32-24(19(27(34)35-4)15-31-28(32)39-23)16-8-9-21(36-6-2)22(12-16)37-7-3/h1,8-9,11-15,24H,6-7,10H2,2-4H3/b23-13+/t24-/m0/s1. The molecular weight excluding hydrogens is 746 g/mol. The summed E-state index contributed by atoms with van der Waals surface area (Å²) in [7, 11) is 1.30. The fraction of sp³-hybridized carbons (Fsp3) is 0.250. The average molecular weight is 770 g/mol. The molecular formula is C28H24I2N2O6S. The highest BCUT2D eigenvalue weighted by Crippen LogP contribution is 2.35. The van der Waals surface area contributed by atoms with Gasteiger partial charge in [-0.15, -0.1) is 6.42 Å². The van der Waals surface area contributed by atoms with Gasteiger partial charge in [0.1, 0.15) is 12.4 Å². The average Bonchev–Trinajstić information content (AvgIpc) is 3.23. The van der Waals surface area contributed by atoms with Gasteiger partial charge in [-0.25, -0.2) is 9.79 Å². The predicted molar refractivity (Wildman–Crippen MR) is 166 cm³/mol. The molecule has 0 bridgehead atoms. The summed E-state index contributed by atoms with van der Waals surface area (Å²) < 4.78 is 26.1. The normalized spacial score (nSPS) is 14.5. The number of esters is 1. The Hall–Kier alpha value is -2.83. The van der Waals surface area contributed by atoms with Gasteiger partial charge >= 0.3 is 5.97 Å². The summed E-state index contributed by atoms with van der Waals surface area (Å²) in [5.74, 6) is 3.59. The monoisotopic (exact) mass is 770 g/mol. The van der Waals surface area contributed by atoms with Crippen LogP contribution in [0.3, 0.4) is 0 Å². The smallest absolute Gasteiger partial charge is 0.337 e. The summed E-state index contributed by atoms with van der Waals surface area (Å²) in [5.41, 5.74) is 1.30. The highest BCUT2D eigenvalue weighted by molar-refractivity contribution is 14.1. The van der Waals surface area contributed by atoms with Gasteiger partial charge < -0.3 is 18.9 Å². The molecule has 0 fully saturated rings. The van der Waals surface area contributed by atoms with Crippen LogP contribution in [-0.4, -0.2) is 37.5 Å². The second-order valence-corrected chi connectivity index (χ2v) is 11.5. The van der Waals surface area contributed by atoms with Crippen molar-refractivity contribution in [3.8, 4) is 29.6 Å². The van der Waals surface area contributed by atoms with E-state index >= 15 is 0 Å². The van der Waals surface area contributed by atoms with E-state index in [-0.39, 0.29) is 17.7 Å². The van der Waals surface area contributed by atoms with Crippen molar-refractivity contribution >= 4 is 68.6 Å². The summed E-state index contributed by atoms with van der Waals surface area (Å²) in [6, 6.07) is 8.48. The van der Waals surface area contributed by atoms with Crippen molar-refractivity contribution in [2.24, 2.45) is 4.99 Å². The van der Waals surface area contributed by atoms with Crippen molar-refractivity contribution in [3.05, 3.63) is 80.1 Å². The molecule has 4 rings (SSSR count). The zero-order valence-corrected chi connectivity index (χ0v) is 26.5. The summed E-state index contributed by atoms with van der Waals surface area (Å²) in [6.07, 6.45) is 8.63. The number of fused-ring (bicyclic) bond motifs is 1. The second-order valence-electron chi connectivity index (χ2n) is 8.05. The molecule has 0 spiro atoms. The number of rotatable bonds is 9. The SMILES string of the molecule is C#CCOc1c(I)cc(I)cc1/C=c1/sc2n(c1=O)[C@@H](c1ccc(OCC)c(OCC)c1)C(C(=O)OC)=CN=2. The Morgan fingerprint density at radius 1 is 1.15 bits per heavy atom. The first-order valence-electron chi connectivity index (χ1n) is 11.9. The van der Waals surface area contributed by atoms with Crippen LogP contribution in [0.2, 0.25) is 0 Å². The minimum absolute atomic E-state index is 0.0983. The van der Waals surface area contributed by atoms with Crippen LogP contribution >= 0.6 is 56.5 Å². The number of methoxy groups -OCH3 is 1. The fourth-order valence-corrected chi connectivity index (χ4v) is 7.09. The molecule has 0 amide bonds. The van der Waals surface area contributed by atoms with Crippen LogP contribution in [0.25, 0.3) is 6.08 Å². The molecule has 11 heteroatoms. The topological polar surface area (TPSA) is 88.3 Å². The number of halogens is 2. The molecule has 39 heavy (non-hydrogen) atoms. The fourth-order valence-electron chi connectivity index (χ4n) is 4.08. The third kappa shape index (κ3) is 6.17. The third-order valence-electron chi connectivity index (χ3n) is 5.63. The number of hydrogen-bond donors (Lipinski definition) is 0. The third-order valence-corrected chi connectivity index (χ3v) is 8.05. The Bertz CT molecular complexity index is 1670. The van der Waals surface area contributed by atoms with Crippen molar-refractivity contribution in [2.75, 3.05) is 26.9 Å². The second kappa shape index (κ2) is 13.0. The molecule has 0 saturated carbocycles. The number of thiazole rings is 1. The molecule has 1 aliphatic heterocycles. The van der Waals surface area contributed by atoms with Gasteiger partial charge in [-0.05, 0) is 94.9 Å². The van der Waals surface area contributed by atoms with Crippen LogP contribution in [0, 0.1) is 19.5 Å². The lowest BCUT2D eigenvalue weighted by molar-refractivity contribution is -0.136. The van der Waals surface area contributed by atoms with Crippen LogP contribution in [0.1, 0.15) is 31.0 Å². The van der Waals surface area contributed by atoms with Gasteiger partial charge in [0.25, 0.3) is 5.56 Å². The van der Waals surface area contributed by atoms with E-state index in [9.17, 15) is 9.59 Å². The highest BCUT2D eigenvalue weighted by atomic mass is 127. The van der Waals surface area contributed by atoms with Crippen molar-refractivity contribution in [2.45, 2.75) is 19.9 Å². The number of aromatic nitrogens is 1. The van der Waals surface area contributed by atoms with Crippen molar-refractivity contribution in [1.29, 1.82) is 0 Å². The lowest BCUT2D eigenvalue weighted by Gasteiger charge is -2.23. The summed E-state index contributed by atoms with van der Waals surface area (Å²) in [4.78, 5) is 31.6. The first-order valence-corrected chi connectivity index (χ1v) is 14.8. The minimum Gasteiger partial charge on any atom is -0.490 e. The molecule has 1 aromatic heterocycles. The Morgan fingerprint density at radius 3 is 2.59 bits per heavy atom. The lowest BCUT2D eigenvalue weighted by atomic mass is 9.97. The van der Waals surface area contributed by atoms with E-state index in [2.05, 4.69) is 56.1 Å². The van der Waals surface area contributed by atoms with Crippen LogP contribution in [0.4, 0.5) is 0 Å². The molecule has 0 radical (unpaired) electrons. The lowest BCUT2D eigenvalue weighted by Crippen LogP contribution is -2.39. The van der Waals surface area contributed by atoms with Crippen molar-refractivity contribution in [3.63, 3.8) is 0 Å². The quantitative estimate of drug-likeness (QED) is 0.186. The van der Waals surface area contributed by atoms with E-state index in [0.717, 1.165) is 12.7 Å². The zero-order valence-electron chi connectivity index (χ0n) is 21.3. The molecule has 1 atom stereocenters. The van der Waals surface area contributed by atoms with E-state index in [4.69, 9.17) is 25.4 Å². The minimum atomic E-state index is -0.779. The maximum absolute atomic E-state index is 13.9. The van der Waals surface area contributed by atoms with Crippen molar-refractivity contribution in [1.82, 2.24) is 4.57 Å². The van der Waals surface area contributed by atoms with Crippen LogP contribution in [-0.2, 0) is 9.53 Å². The number of benzene rings is 2. The Kier molecular flexibility index (Phi) is 9.73. The molecule has 0 N–H and O–H groups in total. The number of carbonyl (C=O) groups excluding carboxylic acids is 1. The van der Waals surface area contributed by atoms with Gasteiger partial charge in [0, 0.05) is 15.3 Å². The van der Waals surface area contributed by atoms with E-state index in [1.807, 2.05) is 32.0 Å².